The Morgan fingerprint density at radius 3 is 2.33 bits per heavy atom. The van der Waals surface area contributed by atoms with E-state index in [-0.39, 0.29) is 0 Å². The van der Waals surface area contributed by atoms with Crippen LogP contribution in [0.15, 0.2) is 0 Å². The van der Waals surface area contributed by atoms with Crippen LogP contribution in [0.5, 0.6) is 0 Å². The number of hydrogen-bond donors (Lipinski definition) is 1. The van der Waals surface area contributed by atoms with Crippen LogP contribution in [0.1, 0.15) is 46.0 Å². The van der Waals surface area contributed by atoms with Gasteiger partial charge >= 0.3 is 0 Å². The number of nitrogens with one attached hydrogen (secondary N) is 1. The Bertz CT molecular complexity index is 183. The first-order chi connectivity index (χ1) is 7.33. The van der Waals surface area contributed by atoms with Crippen molar-refractivity contribution in [3.05, 3.63) is 0 Å². The largest absolute Gasteiger partial charge is 0.314 e. The SMILES string of the molecule is CCN(C1CNC1)C(C)C1CCCCC1. The molecular weight excluding hydrogens is 184 g/mol. The second-order valence-electron chi connectivity index (χ2n) is 5.28. The summed E-state index contributed by atoms with van der Waals surface area (Å²) in [7, 11) is 0. The standard InChI is InChI=1S/C13H26N2/c1-3-15(13-9-14-10-13)11(2)12-7-5-4-6-8-12/h11-14H,3-10H2,1-2H3. The topological polar surface area (TPSA) is 15.3 Å². The monoisotopic (exact) mass is 210 g/mol. The zero-order valence-corrected chi connectivity index (χ0v) is 10.3. The molecule has 0 amide bonds. The minimum Gasteiger partial charge on any atom is -0.314 e. The molecule has 1 aliphatic carbocycles. The van der Waals surface area contributed by atoms with Crippen LogP contribution in [0.4, 0.5) is 0 Å². The molecule has 2 nitrogen and oxygen atoms in total. The van der Waals surface area contributed by atoms with Crippen LogP contribution in [0, 0.1) is 5.92 Å². The molecular formula is C13H26N2. The molecule has 15 heavy (non-hydrogen) atoms. The fraction of sp³-hybridized carbons (Fsp3) is 1.00. The third-order valence-corrected chi connectivity index (χ3v) is 4.45. The van der Waals surface area contributed by atoms with Crippen LogP contribution in [0.3, 0.4) is 0 Å². The predicted molar refractivity (Wildman–Crippen MR) is 65.1 cm³/mol. The second kappa shape index (κ2) is 5.31. The maximum Gasteiger partial charge on any atom is 0.0348 e. The normalized spacial score (nSPS) is 26.6. The van der Waals surface area contributed by atoms with Crippen molar-refractivity contribution < 1.29 is 0 Å². The van der Waals surface area contributed by atoms with Crippen molar-refractivity contribution >= 4 is 0 Å². The molecule has 2 rings (SSSR count). The molecule has 1 saturated heterocycles. The highest BCUT2D eigenvalue weighted by Crippen LogP contribution is 2.29. The van der Waals surface area contributed by atoms with Crippen molar-refractivity contribution in [3.8, 4) is 0 Å². The maximum absolute atomic E-state index is 3.39. The van der Waals surface area contributed by atoms with Crippen LogP contribution < -0.4 is 5.32 Å². The summed E-state index contributed by atoms with van der Waals surface area (Å²) in [6.45, 7) is 8.43. The van der Waals surface area contributed by atoms with Crippen molar-refractivity contribution in [2.75, 3.05) is 19.6 Å². The van der Waals surface area contributed by atoms with Crippen LogP contribution in [0.25, 0.3) is 0 Å². The summed E-state index contributed by atoms with van der Waals surface area (Å²) in [5, 5.41) is 3.39. The molecule has 1 unspecified atom stereocenters. The van der Waals surface area contributed by atoms with E-state index in [1.54, 1.807) is 0 Å². The van der Waals surface area contributed by atoms with Crippen LogP contribution in [0.2, 0.25) is 0 Å². The molecule has 88 valence electrons. The molecule has 0 bridgehead atoms. The van der Waals surface area contributed by atoms with Crippen molar-refractivity contribution in [1.29, 1.82) is 0 Å². The Balaban J connectivity index is 1.87. The highest BCUT2D eigenvalue weighted by atomic mass is 15.2. The van der Waals surface area contributed by atoms with Gasteiger partial charge < -0.3 is 5.32 Å². The van der Waals surface area contributed by atoms with E-state index >= 15 is 0 Å². The van der Waals surface area contributed by atoms with E-state index in [0.717, 1.165) is 18.0 Å². The van der Waals surface area contributed by atoms with Gasteiger partial charge in [-0.15, -0.1) is 0 Å². The van der Waals surface area contributed by atoms with Crippen LogP contribution in [-0.2, 0) is 0 Å². The van der Waals surface area contributed by atoms with Crippen molar-refractivity contribution in [1.82, 2.24) is 10.2 Å². The van der Waals surface area contributed by atoms with E-state index in [0.29, 0.717) is 0 Å². The third-order valence-electron chi connectivity index (χ3n) is 4.45. The Kier molecular flexibility index (Phi) is 4.04. The van der Waals surface area contributed by atoms with Crippen LogP contribution >= 0.6 is 0 Å². The minimum atomic E-state index is 0.808. The Morgan fingerprint density at radius 2 is 1.87 bits per heavy atom. The highest BCUT2D eigenvalue weighted by molar-refractivity contribution is 4.89. The van der Waals surface area contributed by atoms with Gasteiger partial charge in [-0.3, -0.25) is 4.90 Å². The molecule has 0 spiro atoms. The molecule has 1 saturated carbocycles. The summed E-state index contributed by atoms with van der Waals surface area (Å²) in [4.78, 5) is 2.73. The summed E-state index contributed by atoms with van der Waals surface area (Å²) >= 11 is 0. The number of likely N-dealkylation sites (N-methyl/N-ethyl adjacent to an activating group) is 1. The molecule has 0 aromatic heterocycles. The first-order valence-corrected chi connectivity index (χ1v) is 6.79. The van der Waals surface area contributed by atoms with Gasteiger partial charge in [-0.05, 0) is 32.2 Å². The lowest BCUT2D eigenvalue weighted by Crippen LogP contribution is -2.60. The van der Waals surface area contributed by atoms with E-state index in [9.17, 15) is 0 Å². The molecule has 1 atom stereocenters. The Hall–Kier alpha value is -0.0800. The smallest absolute Gasteiger partial charge is 0.0348 e. The summed E-state index contributed by atoms with van der Waals surface area (Å²) in [5.41, 5.74) is 0. The van der Waals surface area contributed by atoms with E-state index in [4.69, 9.17) is 0 Å². The van der Waals surface area contributed by atoms with E-state index in [2.05, 4.69) is 24.1 Å². The van der Waals surface area contributed by atoms with E-state index < -0.39 is 0 Å². The van der Waals surface area contributed by atoms with Crippen molar-refractivity contribution in [2.24, 2.45) is 5.92 Å². The molecule has 0 aromatic carbocycles. The van der Waals surface area contributed by atoms with Gasteiger partial charge in [0.25, 0.3) is 0 Å². The molecule has 1 heterocycles. The zero-order chi connectivity index (χ0) is 10.7. The van der Waals surface area contributed by atoms with Gasteiger partial charge in [0.15, 0.2) is 0 Å². The van der Waals surface area contributed by atoms with Crippen molar-refractivity contribution in [3.63, 3.8) is 0 Å². The highest BCUT2D eigenvalue weighted by Gasteiger charge is 2.31. The first kappa shape index (κ1) is 11.4. The predicted octanol–water partition coefficient (Wildman–Crippen LogP) is 2.25. The molecule has 0 radical (unpaired) electrons. The van der Waals surface area contributed by atoms with Gasteiger partial charge in [-0.1, -0.05) is 26.2 Å². The fourth-order valence-electron chi connectivity index (χ4n) is 3.27. The second-order valence-corrected chi connectivity index (χ2v) is 5.28. The average molecular weight is 210 g/mol. The molecule has 2 aliphatic rings. The zero-order valence-electron chi connectivity index (χ0n) is 10.3. The Morgan fingerprint density at radius 1 is 1.20 bits per heavy atom. The lowest BCUT2D eigenvalue weighted by Gasteiger charge is -2.44. The van der Waals surface area contributed by atoms with Gasteiger partial charge in [-0.25, -0.2) is 0 Å². The van der Waals surface area contributed by atoms with E-state index in [1.807, 2.05) is 0 Å². The summed E-state index contributed by atoms with van der Waals surface area (Å²) in [6.07, 6.45) is 7.35. The Labute approximate surface area is 94.4 Å². The molecule has 2 heteroatoms. The summed E-state index contributed by atoms with van der Waals surface area (Å²) in [6, 6.07) is 1.63. The lowest BCUT2D eigenvalue weighted by atomic mass is 9.83. The van der Waals surface area contributed by atoms with Crippen LogP contribution in [-0.4, -0.2) is 36.6 Å². The average Bonchev–Trinajstić information content (AvgIpc) is 2.23. The first-order valence-electron chi connectivity index (χ1n) is 6.79. The van der Waals surface area contributed by atoms with Gasteiger partial charge in [0.05, 0.1) is 0 Å². The quantitative estimate of drug-likeness (QED) is 0.765. The fourth-order valence-corrected chi connectivity index (χ4v) is 3.27. The minimum absolute atomic E-state index is 0.808. The summed E-state index contributed by atoms with van der Waals surface area (Å²) in [5.74, 6) is 0.972. The molecule has 0 aromatic rings. The summed E-state index contributed by atoms with van der Waals surface area (Å²) < 4.78 is 0. The number of rotatable bonds is 4. The number of hydrogen-bond acceptors (Lipinski definition) is 2. The van der Waals surface area contributed by atoms with Crippen molar-refractivity contribution in [2.45, 2.75) is 58.0 Å². The maximum atomic E-state index is 3.39. The van der Waals surface area contributed by atoms with Gasteiger partial charge in [0.1, 0.15) is 0 Å². The lowest BCUT2D eigenvalue weighted by molar-refractivity contribution is 0.0645. The van der Waals surface area contributed by atoms with E-state index in [1.165, 1.54) is 51.7 Å². The van der Waals surface area contributed by atoms with Gasteiger partial charge in [0, 0.05) is 25.2 Å². The molecule has 2 fully saturated rings. The molecule has 1 aliphatic heterocycles. The number of nitrogens with zero attached hydrogens (tertiary/aromatic N) is 1. The third kappa shape index (κ3) is 2.54. The van der Waals surface area contributed by atoms with Gasteiger partial charge in [0.2, 0.25) is 0 Å². The molecule has 1 N–H and O–H groups in total. The van der Waals surface area contributed by atoms with Gasteiger partial charge in [-0.2, -0.15) is 0 Å².